The lowest BCUT2D eigenvalue weighted by Gasteiger charge is -2.02. The minimum Gasteiger partial charge on any atom is -0.281 e. The van der Waals surface area contributed by atoms with Crippen LogP contribution in [0.2, 0.25) is 0 Å². The fraction of sp³-hybridized carbons (Fsp3) is 0.0476. The van der Waals surface area contributed by atoms with Crippen LogP contribution in [0.5, 0.6) is 0 Å². The molecule has 0 saturated carbocycles. The molecule has 0 radical (unpaired) electrons. The van der Waals surface area contributed by atoms with Gasteiger partial charge in [-0.1, -0.05) is 73.3 Å². The zero-order valence-corrected chi connectivity index (χ0v) is 16.5. The molecule has 0 aliphatic heterocycles. The molecule has 0 saturated heterocycles. The number of hydrogen-bond acceptors (Lipinski definition) is 4. The van der Waals surface area contributed by atoms with Gasteiger partial charge in [0, 0.05) is 16.0 Å². The summed E-state index contributed by atoms with van der Waals surface area (Å²) in [6.07, 6.45) is 0. The molecule has 0 aliphatic rings. The van der Waals surface area contributed by atoms with E-state index in [2.05, 4.69) is 36.9 Å². The lowest BCUT2D eigenvalue weighted by Crippen LogP contribution is -1.82. The largest absolute Gasteiger partial charge is 0.281 e. The Morgan fingerprint density at radius 2 is 1.54 bits per heavy atom. The van der Waals surface area contributed by atoms with Crippen LogP contribution in [0.15, 0.2) is 66.7 Å². The van der Waals surface area contributed by atoms with Gasteiger partial charge in [0.05, 0.1) is 15.4 Å². The second kappa shape index (κ2) is 7.19. The van der Waals surface area contributed by atoms with Gasteiger partial charge in [-0.3, -0.25) is 4.79 Å². The molecule has 0 spiro atoms. The standard InChI is InChI=1S/C21H15NOS3/c1-13-16(12-17(25-13)21(23)24)20-22-18(14-8-4-2-5-9-14)19(26-20)15-10-6-3-7-11-15/h2-12H,1H3,(H,23,24). The van der Waals surface area contributed by atoms with Gasteiger partial charge in [-0.2, -0.15) is 0 Å². The van der Waals surface area contributed by atoms with Crippen LogP contribution in [0, 0.1) is 6.92 Å². The second-order valence-electron chi connectivity index (χ2n) is 5.81. The van der Waals surface area contributed by atoms with Crippen molar-refractivity contribution in [1.82, 2.24) is 4.98 Å². The fourth-order valence-electron chi connectivity index (χ4n) is 2.81. The number of thiophene rings is 1. The van der Waals surface area contributed by atoms with Crippen LogP contribution in [0.4, 0.5) is 0 Å². The van der Waals surface area contributed by atoms with Crippen LogP contribution in [0.25, 0.3) is 32.3 Å². The number of carbonyl (C=O) groups excluding carboxylic acids is 1. The molecule has 0 N–H and O–H groups in total. The molecular weight excluding hydrogens is 378 g/mol. The summed E-state index contributed by atoms with van der Waals surface area (Å²) < 4.78 is 0. The summed E-state index contributed by atoms with van der Waals surface area (Å²) in [6, 6.07) is 22.4. The van der Waals surface area contributed by atoms with Gasteiger partial charge in [0.15, 0.2) is 0 Å². The van der Waals surface area contributed by atoms with Crippen molar-refractivity contribution in [2.45, 2.75) is 6.92 Å². The fourth-order valence-corrected chi connectivity index (χ4v) is 5.10. The van der Waals surface area contributed by atoms with Crippen molar-refractivity contribution in [3.8, 4) is 32.3 Å². The Labute approximate surface area is 165 Å². The van der Waals surface area contributed by atoms with Gasteiger partial charge in [-0.05, 0) is 18.6 Å². The topological polar surface area (TPSA) is 30.0 Å². The maximum atomic E-state index is 11.6. The summed E-state index contributed by atoms with van der Waals surface area (Å²) in [5.41, 5.74) is 4.22. The Kier molecular flexibility index (Phi) is 4.76. The van der Waals surface area contributed by atoms with Gasteiger partial charge in [0.25, 0.3) is 0 Å². The minimum absolute atomic E-state index is 0.201. The normalized spacial score (nSPS) is 10.8. The SMILES string of the molecule is Cc1sc(C(=O)S)cc1-c1nc(-c2ccccc2)c(-c2ccccc2)s1. The van der Waals surface area contributed by atoms with Crippen molar-refractivity contribution in [1.29, 1.82) is 0 Å². The highest BCUT2D eigenvalue weighted by atomic mass is 32.1. The third-order valence-electron chi connectivity index (χ3n) is 4.07. The predicted octanol–water partition coefficient (Wildman–Crippen LogP) is 6.58. The predicted molar refractivity (Wildman–Crippen MR) is 114 cm³/mol. The van der Waals surface area contributed by atoms with Crippen LogP contribution < -0.4 is 0 Å². The zero-order chi connectivity index (χ0) is 18.1. The van der Waals surface area contributed by atoms with Gasteiger partial charge < -0.3 is 0 Å². The van der Waals surface area contributed by atoms with Gasteiger partial charge in [0.1, 0.15) is 5.01 Å². The Bertz CT molecular complexity index is 1010. The summed E-state index contributed by atoms with van der Waals surface area (Å²) in [7, 11) is 0. The van der Waals surface area contributed by atoms with E-state index < -0.39 is 0 Å². The number of hydrogen-bond donors (Lipinski definition) is 1. The van der Waals surface area contributed by atoms with Crippen molar-refractivity contribution >= 4 is 40.4 Å². The van der Waals surface area contributed by atoms with Crippen molar-refractivity contribution in [3.63, 3.8) is 0 Å². The highest BCUT2D eigenvalue weighted by molar-refractivity contribution is 7.97. The molecule has 2 aromatic carbocycles. The first kappa shape index (κ1) is 17.2. The first-order valence-electron chi connectivity index (χ1n) is 8.09. The molecule has 128 valence electrons. The van der Waals surface area contributed by atoms with Crippen LogP contribution in [0.1, 0.15) is 14.5 Å². The van der Waals surface area contributed by atoms with E-state index in [0.29, 0.717) is 4.88 Å². The third kappa shape index (κ3) is 3.26. The molecular formula is C21H15NOS3. The third-order valence-corrected chi connectivity index (χ3v) is 6.65. The van der Waals surface area contributed by atoms with E-state index in [9.17, 15) is 4.79 Å². The average molecular weight is 394 g/mol. The van der Waals surface area contributed by atoms with Crippen LogP contribution in [-0.2, 0) is 0 Å². The van der Waals surface area contributed by atoms with Crippen molar-refractivity contribution in [2.75, 3.05) is 0 Å². The molecule has 5 heteroatoms. The van der Waals surface area contributed by atoms with Crippen LogP contribution in [0.3, 0.4) is 0 Å². The number of aryl methyl sites for hydroxylation is 1. The molecule has 0 atom stereocenters. The Hall–Kier alpha value is -2.21. The van der Waals surface area contributed by atoms with Crippen LogP contribution in [-0.4, -0.2) is 10.1 Å². The molecule has 26 heavy (non-hydrogen) atoms. The van der Waals surface area contributed by atoms with E-state index in [1.54, 1.807) is 11.3 Å². The number of thiazole rings is 1. The first-order valence-corrected chi connectivity index (χ1v) is 10.2. The van der Waals surface area contributed by atoms with E-state index in [0.717, 1.165) is 37.1 Å². The minimum atomic E-state index is -0.201. The van der Waals surface area contributed by atoms with Crippen molar-refractivity contribution in [2.24, 2.45) is 0 Å². The number of benzene rings is 2. The number of aromatic nitrogens is 1. The number of nitrogens with zero attached hydrogens (tertiary/aromatic N) is 1. The molecule has 0 amide bonds. The first-order chi connectivity index (χ1) is 12.6. The summed E-state index contributed by atoms with van der Waals surface area (Å²) in [6.45, 7) is 2.02. The zero-order valence-electron chi connectivity index (χ0n) is 14.0. The molecule has 2 nitrogen and oxygen atoms in total. The molecule has 2 heterocycles. The lowest BCUT2D eigenvalue weighted by molar-refractivity contribution is 0.109. The molecule has 0 unspecified atom stereocenters. The number of carbonyl (C=O) groups is 1. The summed E-state index contributed by atoms with van der Waals surface area (Å²) in [5, 5.41) is 0.727. The maximum absolute atomic E-state index is 11.6. The second-order valence-corrected chi connectivity index (χ2v) is 8.48. The highest BCUT2D eigenvalue weighted by Crippen LogP contribution is 2.42. The summed E-state index contributed by atoms with van der Waals surface area (Å²) in [5.74, 6) is 0. The van der Waals surface area contributed by atoms with E-state index >= 15 is 0 Å². The average Bonchev–Trinajstić information content (AvgIpc) is 3.27. The maximum Gasteiger partial charge on any atom is 0.226 e. The number of rotatable bonds is 4. The molecule has 0 aliphatic carbocycles. The van der Waals surface area contributed by atoms with E-state index in [-0.39, 0.29) is 5.12 Å². The monoisotopic (exact) mass is 393 g/mol. The van der Waals surface area contributed by atoms with E-state index in [1.807, 2.05) is 49.4 Å². The molecule has 2 aromatic heterocycles. The van der Waals surface area contributed by atoms with Gasteiger partial charge >= 0.3 is 0 Å². The quantitative estimate of drug-likeness (QED) is 0.397. The summed E-state index contributed by atoms with van der Waals surface area (Å²) in [4.78, 5) is 19.4. The molecule has 0 fully saturated rings. The Balaban J connectivity index is 1.91. The highest BCUT2D eigenvalue weighted by Gasteiger charge is 2.19. The smallest absolute Gasteiger partial charge is 0.226 e. The number of thiol groups is 1. The van der Waals surface area contributed by atoms with E-state index in [1.165, 1.54) is 11.3 Å². The Morgan fingerprint density at radius 1 is 0.923 bits per heavy atom. The Morgan fingerprint density at radius 3 is 2.12 bits per heavy atom. The van der Waals surface area contributed by atoms with Crippen molar-refractivity contribution in [3.05, 3.63) is 76.5 Å². The van der Waals surface area contributed by atoms with Gasteiger partial charge in [-0.25, -0.2) is 4.98 Å². The van der Waals surface area contributed by atoms with Gasteiger partial charge in [0.2, 0.25) is 5.12 Å². The summed E-state index contributed by atoms with van der Waals surface area (Å²) >= 11 is 7.08. The molecule has 0 bridgehead atoms. The van der Waals surface area contributed by atoms with Gasteiger partial charge in [-0.15, -0.1) is 22.7 Å². The van der Waals surface area contributed by atoms with Crippen molar-refractivity contribution < 1.29 is 4.79 Å². The van der Waals surface area contributed by atoms with Crippen LogP contribution >= 0.6 is 35.3 Å². The lowest BCUT2D eigenvalue weighted by atomic mass is 10.1. The van der Waals surface area contributed by atoms with E-state index in [4.69, 9.17) is 4.98 Å². The molecule has 4 rings (SSSR count). The molecule has 4 aromatic rings.